The first-order valence-electron chi connectivity index (χ1n) is 4.92. The predicted octanol–water partition coefficient (Wildman–Crippen LogP) is 2.44. The van der Waals surface area contributed by atoms with Crippen LogP contribution in [0.3, 0.4) is 0 Å². The van der Waals surface area contributed by atoms with Crippen molar-refractivity contribution in [2.75, 3.05) is 0 Å². The minimum Gasteiger partial charge on any atom is -0.388 e. The van der Waals surface area contributed by atoms with E-state index in [1.807, 2.05) is 0 Å². The number of hydrogen-bond donors (Lipinski definition) is 1. The van der Waals surface area contributed by atoms with Crippen molar-refractivity contribution < 1.29 is 26.7 Å². The van der Waals surface area contributed by atoms with Crippen molar-refractivity contribution in [3.8, 4) is 11.9 Å². The molecule has 0 amide bonds. The molecule has 2 N–H and O–H groups in total. The number of pyridine rings is 1. The molecule has 0 aliphatic carbocycles. The Labute approximate surface area is 104 Å². The molecule has 0 aromatic carbocycles. The lowest BCUT2D eigenvalue weighted by molar-refractivity contribution is -0.276. The van der Waals surface area contributed by atoms with Gasteiger partial charge < -0.3 is 10.5 Å². The van der Waals surface area contributed by atoms with Gasteiger partial charge in [0.25, 0.3) is 6.43 Å². The predicted molar refractivity (Wildman–Crippen MR) is 53.1 cm³/mol. The fraction of sp³-hybridized carbons (Fsp3) is 0.400. The zero-order valence-electron chi connectivity index (χ0n) is 9.34. The average molecular weight is 281 g/mol. The van der Waals surface area contributed by atoms with Gasteiger partial charge in [0, 0.05) is 17.7 Å². The third kappa shape index (κ3) is 4.03. The highest BCUT2D eigenvalue weighted by Crippen LogP contribution is 2.32. The Bertz CT molecular complexity index is 495. The SMILES string of the molecule is N#CCc1c(C(F)F)cc(CN)nc1OC(F)(F)F. The van der Waals surface area contributed by atoms with E-state index in [9.17, 15) is 22.0 Å². The molecule has 1 rings (SSSR count). The van der Waals surface area contributed by atoms with E-state index >= 15 is 0 Å². The van der Waals surface area contributed by atoms with Gasteiger partial charge in [-0.05, 0) is 6.07 Å². The van der Waals surface area contributed by atoms with E-state index in [-0.39, 0.29) is 12.2 Å². The molecule has 0 saturated carbocycles. The van der Waals surface area contributed by atoms with Gasteiger partial charge in [-0.1, -0.05) is 0 Å². The molecular weight excluding hydrogens is 273 g/mol. The zero-order chi connectivity index (χ0) is 14.6. The first-order chi connectivity index (χ1) is 8.78. The van der Waals surface area contributed by atoms with Crippen LogP contribution in [0, 0.1) is 11.3 Å². The van der Waals surface area contributed by atoms with Gasteiger partial charge in [0.05, 0.1) is 18.2 Å². The van der Waals surface area contributed by atoms with Gasteiger partial charge >= 0.3 is 6.36 Å². The lowest BCUT2D eigenvalue weighted by atomic mass is 10.1. The summed E-state index contributed by atoms with van der Waals surface area (Å²) in [4.78, 5) is 3.39. The molecule has 0 aliphatic rings. The third-order valence-electron chi connectivity index (χ3n) is 2.09. The van der Waals surface area contributed by atoms with Crippen LogP contribution < -0.4 is 10.5 Å². The quantitative estimate of drug-likeness (QED) is 0.860. The van der Waals surface area contributed by atoms with Crippen LogP contribution in [0.2, 0.25) is 0 Å². The Hall–Kier alpha value is -1.95. The van der Waals surface area contributed by atoms with E-state index in [0.717, 1.165) is 6.07 Å². The zero-order valence-corrected chi connectivity index (χ0v) is 9.34. The van der Waals surface area contributed by atoms with E-state index in [1.165, 1.54) is 6.07 Å². The number of nitrogens with zero attached hydrogens (tertiary/aromatic N) is 2. The second kappa shape index (κ2) is 5.79. The van der Waals surface area contributed by atoms with Crippen molar-refractivity contribution in [2.24, 2.45) is 5.73 Å². The molecule has 0 spiro atoms. The molecule has 0 atom stereocenters. The molecule has 4 nitrogen and oxygen atoms in total. The second-order valence-corrected chi connectivity index (χ2v) is 3.37. The number of rotatable bonds is 4. The molecular formula is C10H8F5N3O. The van der Waals surface area contributed by atoms with Crippen LogP contribution in [0.4, 0.5) is 22.0 Å². The lowest BCUT2D eigenvalue weighted by Crippen LogP contribution is -2.20. The molecule has 0 saturated heterocycles. The standard InChI is InChI=1S/C10H8F5N3O/c11-8(12)7-3-5(4-17)18-9(6(7)1-2-16)19-10(13,14)15/h3,8H,1,4,17H2. The molecule has 0 aliphatic heterocycles. The van der Waals surface area contributed by atoms with Gasteiger partial charge in [-0.3, -0.25) is 0 Å². The van der Waals surface area contributed by atoms with E-state index in [1.54, 1.807) is 0 Å². The maximum Gasteiger partial charge on any atom is 0.574 e. The summed E-state index contributed by atoms with van der Waals surface area (Å²) in [5.41, 5.74) is 3.65. The van der Waals surface area contributed by atoms with Gasteiger partial charge in [0.1, 0.15) is 0 Å². The molecule has 1 heterocycles. The van der Waals surface area contributed by atoms with Crippen LogP contribution >= 0.6 is 0 Å². The summed E-state index contributed by atoms with van der Waals surface area (Å²) >= 11 is 0. The van der Waals surface area contributed by atoms with Crippen molar-refractivity contribution in [3.05, 3.63) is 22.9 Å². The lowest BCUT2D eigenvalue weighted by Gasteiger charge is -2.15. The highest BCUT2D eigenvalue weighted by molar-refractivity contribution is 5.39. The van der Waals surface area contributed by atoms with Crippen LogP contribution in [0.15, 0.2) is 6.07 Å². The third-order valence-corrected chi connectivity index (χ3v) is 2.09. The molecule has 0 fully saturated rings. The summed E-state index contributed by atoms with van der Waals surface area (Å²) in [6, 6.07) is 2.35. The number of aromatic nitrogens is 1. The number of nitrogens with two attached hydrogens (primary N) is 1. The van der Waals surface area contributed by atoms with Crippen LogP contribution in [0.1, 0.15) is 23.2 Å². The Morgan fingerprint density at radius 1 is 1.42 bits per heavy atom. The van der Waals surface area contributed by atoms with Gasteiger partial charge in [-0.25, -0.2) is 13.8 Å². The van der Waals surface area contributed by atoms with Gasteiger partial charge in [0.2, 0.25) is 5.88 Å². The monoisotopic (exact) mass is 281 g/mol. The van der Waals surface area contributed by atoms with Crippen LogP contribution in [0.25, 0.3) is 0 Å². The summed E-state index contributed by atoms with van der Waals surface area (Å²) in [5.74, 6) is -1.06. The van der Waals surface area contributed by atoms with Crippen LogP contribution in [0.5, 0.6) is 5.88 Å². The normalized spacial score (nSPS) is 11.5. The number of halogens is 5. The molecule has 0 unspecified atom stereocenters. The molecule has 1 aromatic heterocycles. The smallest absolute Gasteiger partial charge is 0.388 e. The summed E-state index contributed by atoms with van der Waals surface area (Å²) in [6.45, 7) is -0.333. The number of hydrogen-bond acceptors (Lipinski definition) is 4. The molecule has 19 heavy (non-hydrogen) atoms. The highest BCUT2D eigenvalue weighted by atomic mass is 19.4. The fourth-order valence-electron chi connectivity index (χ4n) is 1.37. The Morgan fingerprint density at radius 3 is 2.47 bits per heavy atom. The van der Waals surface area contributed by atoms with Crippen LogP contribution in [-0.4, -0.2) is 11.3 Å². The first kappa shape index (κ1) is 15.1. The first-order valence-corrected chi connectivity index (χ1v) is 4.92. The number of ether oxygens (including phenoxy) is 1. The average Bonchev–Trinajstić information content (AvgIpc) is 2.29. The molecule has 104 valence electrons. The minimum atomic E-state index is -5.09. The van der Waals surface area contributed by atoms with Gasteiger partial charge in [-0.15, -0.1) is 13.2 Å². The molecule has 0 radical (unpaired) electrons. The topological polar surface area (TPSA) is 71.9 Å². The molecule has 1 aromatic rings. The minimum absolute atomic E-state index is 0.184. The van der Waals surface area contributed by atoms with Crippen molar-refractivity contribution in [3.63, 3.8) is 0 Å². The second-order valence-electron chi connectivity index (χ2n) is 3.37. The van der Waals surface area contributed by atoms with Crippen molar-refractivity contribution >= 4 is 0 Å². The van der Waals surface area contributed by atoms with E-state index in [4.69, 9.17) is 11.0 Å². The fourth-order valence-corrected chi connectivity index (χ4v) is 1.37. The number of nitriles is 1. The van der Waals surface area contributed by atoms with Crippen molar-refractivity contribution in [1.82, 2.24) is 4.98 Å². The van der Waals surface area contributed by atoms with E-state index in [2.05, 4.69) is 9.72 Å². The van der Waals surface area contributed by atoms with Gasteiger partial charge in [-0.2, -0.15) is 5.26 Å². The van der Waals surface area contributed by atoms with E-state index in [0.29, 0.717) is 0 Å². The van der Waals surface area contributed by atoms with E-state index < -0.39 is 36.2 Å². The van der Waals surface area contributed by atoms with Gasteiger partial charge in [0.15, 0.2) is 0 Å². The summed E-state index contributed by atoms with van der Waals surface area (Å²) in [7, 11) is 0. The molecule has 9 heteroatoms. The summed E-state index contributed by atoms with van der Waals surface area (Å²) in [6.07, 6.45) is -8.83. The Morgan fingerprint density at radius 2 is 2.05 bits per heavy atom. The summed E-state index contributed by atoms with van der Waals surface area (Å²) in [5, 5.41) is 8.49. The maximum absolute atomic E-state index is 12.8. The Balaban J connectivity index is 3.39. The maximum atomic E-state index is 12.8. The van der Waals surface area contributed by atoms with Crippen molar-refractivity contribution in [2.45, 2.75) is 25.8 Å². The Kier molecular flexibility index (Phi) is 4.61. The summed E-state index contributed by atoms with van der Waals surface area (Å²) < 4.78 is 65.6. The molecule has 0 bridgehead atoms. The highest BCUT2D eigenvalue weighted by Gasteiger charge is 2.34. The number of alkyl halides is 5. The van der Waals surface area contributed by atoms with Crippen LogP contribution in [-0.2, 0) is 13.0 Å². The largest absolute Gasteiger partial charge is 0.574 e. The van der Waals surface area contributed by atoms with Crippen molar-refractivity contribution in [1.29, 1.82) is 5.26 Å².